The number of rotatable bonds is 5. The van der Waals surface area contributed by atoms with Crippen LogP contribution in [0.1, 0.15) is 25.3 Å². The Hall–Kier alpha value is -2.20. The molecule has 0 saturated carbocycles. The molecule has 4 heteroatoms. The maximum Gasteiger partial charge on any atom is 0.224 e. The Morgan fingerprint density at radius 3 is 2.62 bits per heavy atom. The number of hydrogen-bond donors (Lipinski definition) is 2. The molecule has 0 saturated heterocycles. The number of nitrogens with two attached hydrogens (primary N) is 1. The van der Waals surface area contributed by atoms with Gasteiger partial charge < -0.3 is 11.1 Å². The maximum atomic E-state index is 11.9. The van der Waals surface area contributed by atoms with Crippen LogP contribution < -0.4 is 11.1 Å². The lowest BCUT2D eigenvalue weighted by Gasteiger charge is -2.11. The Labute approximate surface area is 125 Å². The summed E-state index contributed by atoms with van der Waals surface area (Å²) in [6, 6.07) is 9.99. The Bertz CT molecular complexity index is 609. The molecule has 0 spiro atoms. The zero-order chi connectivity index (χ0) is 15.2. The number of anilines is 1. The fourth-order valence-electron chi connectivity index (χ4n) is 2.05. The van der Waals surface area contributed by atoms with Crippen molar-refractivity contribution < 1.29 is 4.79 Å². The number of nitrogens with one attached hydrogen (secondary N) is 1. The van der Waals surface area contributed by atoms with E-state index < -0.39 is 0 Å². The first-order valence-electron chi connectivity index (χ1n) is 7.13. The van der Waals surface area contributed by atoms with E-state index in [4.69, 9.17) is 5.73 Å². The lowest BCUT2D eigenvalue weighted by atomic mass is 10.0. The molecule has 0 aliphatic rings. The summed E-state index contributed by atoms with van der Waals surface area (Å²) in [5.41, 5.74) is 9.71. The molecule has 1 amide bonds. The van der Waals surface area contributed by atoms with Crippen LogP contribution in [0, 0.1) is 6.92 Å². The van der Waals surface area contributed by atoms with Gasteiger partial charge >= 0.3 is 0 Å². The van der Waals surface area contributed by atoms with E-state index in [1.54, 1.807) is 12.4 Å². The van der Waals surface area contributed by atoms with E-state index in [1.165, 1.54) is 0 Å². The van der Waals surface area contributed by atoms with Gasteiger partial charge in [-0.2, -0.15) is 0 Å². The van der Waals surface area contributed by atoms with Gasteiger partial charge in [0.15, 0.2) is 0 Å². The highest BCUT2D eigenvalue weighted by Crippen LogP contribution is 2.25. The van der Waals surface area contributed by atoms with Crippen molar-refractivity contribution in [1.29, 1.82) is 0 Å². The van der Waals surface area contributed by atoms with Gasteiger partial charge in [-0.3, -0.25) is 9.78 Å². The fraction of sp³-hybridized carbons (Fsp3) is 0.294. The van der Waals surface area contributed by atoms with E-state index in [9.17, 15) is 4.79 Å². The Morgan fingerprint density at radius 1 is 1.24 bits per heavy atom. The van der Waals surface area contributed by atoms with Gasteiger partial charge in [0.05, 0.1) is 0 Å². The highest BCUT2D eigenvalue weighted by atomic mass is 16.1. The largest absolute Gasteiger partial charge is 0.328 e. The number of aryl methyl sites for hydroxylation is 1. The summed E-state index contributed by atoms with van der Waals surface area (Å²) in [5, 5.41) is 2.97. The van der Waals surface area contributed by atoms with Crippen LogP contribution in [0.25, 0.3) is 11.1 Å². The second kappa shape index (κ2) is 6.99. The van der Waals surface area contributed by atoms with Gasteiger partial charge in [0.2, 0.25) is 5.91 Å². The second-order valence-corrected chi connectivity index (χ2v) is 5.33. The molecule has 4 nitrogen and oxygen atoms in total. The molecule has 1 aromatic carbocycles. The van der Waals surface area contributed by atoms with Crippen LogP contribution in [0.3, 0.4) is 0 Å². The SMILES string of the molecule is Cc1ccc(-c2ccncc2)cc1NC(=O)CCC(C)N. The standard InChI is InChI=1S/C17H21N3O/c1-12-3-5-15(14-7-9-19-10-8-14)11-16(12)20-17(21)6-4-13(2)18/h3,5,7-11,13H,4,6,18H2,1-2H3,(H,20,21). The highest BCUT2D eigenvalue weighted by Gasteiger charge is 2.07. The first-order valence-corrected chi connectivity index (χ1v) is 7.13. The first kappa shape index (κ1) is 15.2. The normalized spacial score (nSPS) is 12.0. The van der Waals surface area contributed by atoms with Crippen LogP contribution >= 0.6 is 0 Å². The van der Waals surface area contributed by atoms with Crippen LogP contribution in [-0.2, 0) is 4.79 Å². The number of pyridine rings is 1. The van der Waals surface area contributed by atoms with Crippen LogP contribution in [0.2, 0.25) is 0 Å². The average molecular weight is 283 g/mol. The summed E-state index contributed by atoms with van der Waals surface area (Å²) in [7, 11) is 0. The van der Waals surface area contributed by atoms with Crippen molar-refractivity contribution >= 4 is 11.6 Å². The van der Waals surface area contributed by atoms with Gasteiger partial charge in [0.1, 0.15) is 0 Å². The summed E-state index contributed by atoms with van der Waals surface area (Å²) in [4.78, 5) is 16.0. The summed E-state index contributed by atoms with van der Waals surface area (Å²) in [6.07, 6.45) is 4.65. The van der Waals surface area contributed by atoms with Gasteiger partial charge in [-0.1, -0.05) is 12.1 Å². The number of carbonyl (C=O) groups is 1. The molecular formula is C17H21N3O. The molecule has 2 aromatic rings. The van der Waals surface area contributed by atoms with E-state index in [0.29, 0.717) is 12.8 Å². The number of amides is 1. The molecule has 0 fully saturated rings. The van der Waals surface area contributed by atoms with Crippen molar-refractivity contribution in [3.63, 3.8) is 0 Å². The maximum absolute atomic E-state index is 11.9. The number of nitrogens with zero attached hydrogens (tertiary/aromatic N) is 1. The molecule has 0 aliphatic heterocycles. The van der Waals surface area contributed by atoms with Crippen molar-refractivity contribution in [2.45, 2.75) is 32.7 Å². The fourth-order valence-corrected chi connectivity index (χ4v) is 2.05. The minimum Gasteiger partial charge on any atom is -0.328 e. The van der Waals surface area contributed by atoms with Gasteiger partial charge in [0.25, 0.3) is 0 Å². The molecule has 1 atom stereocenters. The minimum atomic E-state index is 0.00211. The monoisotopic (exact) mass is 283 g/mol. The quantitative estimate of drug-likeness (QED) is 0.886. The lowest BCUT2D eigenvalue weighted by molar-refractivity contribution is -0.116. The van der Waals surface area contributed by atoms with Crippen LogP contribution in [0.4, 0.5) is 5.69 Å². The van der Waals surface area contributed by atoms with Gasteiger partial charge in [-0.05, 0) is 55.2 Å². The number of carbonyl (C=O) groups excluding carboxylic acids is 1. The smallest absolute Gasteiger partial charge is 0.224 e. The topological polar surface area (TPSA) is 68.0 Å². The van der Waals surface area contributed by atoms with E-state index in [1.807, 2.05) is 44.2 Å². The van der Waals surface area contributed by atoms with E-state index in [2.05, 4.69) is 10.3 Å². The molecular weight excluding hydrogens is 262 g/mol. The van der Waals surface area contributed by atoms with E-state index >= 15 is 0 Å². The molecule has 1 heterocycles. The number of aromatic nitrogens is 1. The molecule has 3 N–H and O–H groups in total. The Morgan fingerprint density at radius 2 is 1.95 bits per heavy atom. The first-order chi connectivity index (χ1) is 10.1. The van der Waals surface area contributed by atoms with Crippen molar-refractivity contribution in [2.24, 2.45) is 5.73 Å². The highest BCUT2D eigenvalue weighted by molar-refractivity contribution is 5.92. The van der Waals surface area contributed by atoms with Crippen molar-refractivity contribution in [1.82, 2.24) is 4.98 Å². The minimum absolute atomic E-state index is 0.00211. The molecule has 110 valence electrons. The van der Waals surface area contributed by atoms with E-state index in [-0.39, 0.29) is 11.9 Å². The average Bonchev–Trinajstić information content (AvgIpc) is 2.48. The molecule has 1 unspecified atom stereocenters. The predicted octanol–water partition coefficient (Wildman–Crippen LogP) is 3.12. The summed E-state index contributed by atoms with van der Waals surface area (Å²) >= 11 is 0. The van der Waals surface area contributed by atoms with Crippen LogP contribution in [0.5, 0.6) is 0 Å². The van der Waals surface area contributed by atoms with Gasteiger partial charge in [0, 0.05) is 30.5 Å². The summed E-state index contributed by atoms with van der Waals surface area (Å²) < 4.78 is 0. The molecule has 2 rings (SSSR count). The molecule has 0 bridgehead atoms. The van der Waals surface area contributed by atoms with Crippen molar-refractivity contribution in [3.05, 3.63) is 48.3 Å². The van der Waals surface area contributed by atoms with Gasteiger partial charge in [-0.25, -0.2) is 0 Å². The molecule has 21 heavy (non-hydrogen) atoms. The number of benzene rings is 1. The molecule has 0 aliphatic carbocycles. The van der Waals surface area contributed by atoms with Crippen LogP contribution in [0.15, 0.2) is 42.7 Å². The second-order valence-electron chi connectivity index (χ2n) is 5.33. The lowest BCUT2D eigenvalue weighted by Crippen LogP contribution is -2.19. The Kier molecular flexibility index (Phi) is 5.06. The summed E-state index contributed by atoms with van der Waals surface area (Å²) in [6.45, 7) is 3.89. The van der Waals surface area contributed by atoms with Crippen LogP contribution in [-0.4, -0.2) is 16.9 Å². The number of hydrogen-bond acceptors (Lipinski definition) is 3. The third-order valence-electron chi connectivity index (χ3n) is 3.35. The van der Waals surface area contributed by atoms with E-state index in [0.717, 1.165) is 22.4 Å². The van der Waals surface area contributed by atoms with Crippen molar-refractivity contribution in [2.75, 3.05) is 5.32 Å². The van der Waals surface area contributed by atoms with Gasteiger partial charge in [-0.15, -0.1) is 0 Å². The molecule has 1 aromatic heterocycles. The zero-order valence-electron chi connectivity index (χ0n) is 12.5. The third kappa shape index (κ3) is 4.39. The summed E-state index contributed by atoms with van der Waals surface area (Å²) in [5.74, 6) is 0.00211. The zero-order valence-corrected chi connectivity index (χ0v) is 12.5. The Balaban J connectivity index is 2.14. The predicted molar refractivity (Wildman–Crippen MR) is 85.9 cm³/mol. The molecule has 0 radical (unpaired) electrons. The van der Waals surface area contributed by atoms with Crippen molar-refractivity contribution in [3.8, 4) is 11.1 Å². The third-order valence-corrected chi connectivity index (χ3v) is 3.35.